The molecule has 0 aliphatic rings. The molecule has 106 valence electrons. The van der Waals surface area contributed by atoms with Gasteiger partial charge in [0.15, 0.2) is 0 Å². The topological polar surface area (TPSA) is 27.7 Å². The van der Waals surface area contributed by atoms with Gasteiger partial charge in [0.05, 0.1) is 0 Å². The summed E-state index contributed by atoms with van der Waals surface area (Å²) in [5, 5.41) is 2.22. The molecule has 2 aromatic rings. The zero-order valence-corrected chi connectivity index (χ0v) is 12.2. The van der Waals surface area contributed by atoms with Crippen molar-refractivity contribution in [2.75, 3.05) is 13.2 Å². The summed E-state index contributed by atoms with van der Waals surface area (Å²) >= 11 is 0. The third-order valence-corrected chi connectivity index (χ3v) is 2.89. The predicted molar refractivity (Wildman–Crippen MR) is 82.8 cm³/mol. The molecule has 4 heteroatoms. The number of hydrogen-bond donors (Lipinski definition) is 0. The van der Waals surface area contributed by atoms with Crippen LogP contribution in [0.3, 0.4) is 0 Å². The fourth-order valence-electron chi connectivity index (χ4n) is 1.95. The minimum absolute atomic E-state index is 0.624. The first-order valence-corrected chi connectivity index (χ1v) is 7.22. The molecule has 0 atom stereocenters. The second-order valence-electron chi connectivity index (χ2n) is 4.63. The molecule has 0 saturated carbocycles. The van der Waals surface area contributed by atoms with Crippen LogP contribution in [0.2, 0.25) is 0 Å². The van der Waals surface area contributed by atoms with E-state index in [4.69, 9.17) is 14.0 Å². The maximum Gasteiger partial charge on any atom is 0.713 e. The molecule has 0 N–H and O–H groups in total. The van der Waals surface area contributed by atoms with Crippen molar-refractivity contribution in [3.8, 4) is 5.75 Å². The highest BCUT2D eigenvalue weighted by atomic mass is 16.7. The van der Waals surface area contributed by atoms with Gasteiger partial charge in [-0.2, -0.15) is 0 Å². The van der Waals surface area contributed by atoms with Crippen molar-refractivity contribution < 1.29 is 14.0 Å². The van der Waals surface area contributed by atoms with Gasteiger partial charge in [0, 0.05) is 18.6 Å². The van der Waals surface area contributed by atoms with E-state index in [9.17, 15) is 0 Å². The summed E-state index contributed by atoms with van der Waals surface area (Å²) in [4.78, 5) is 0. The largest absolute Gasteiger partial charge is 0.713 e. The standard InChI is InChI=1S/C16H21BO3/c1-3-12-18-17(19-13-4-2)20-16-11-7-9-14-8-5-6-10-15(14)16/h5-11H,3-4,12-13H2,1-2H3. The van der Waals surface area contributed by atoms with Crippen molar-refractivity contribution in [3.63, 3.8) is 0 Å². The maximum atomic E-state index is 5.89. The zero-order chi connectivity index (χ0) is 14.2. The summed E-state index contributed by atoms with van der Waals surface area (Å²) in [6, 6.07) is 14.1. The summed E-state index contributed by atoms with van der Waals surface area (Å²) in [6.07, 6.45) is 1.87. The Morgan fingerprint density at radius 1 is 0.850 bits per heavy atom. The van der Waals surface area contributed by atoms with Crippen molar-refractivity contribution in [2.24, 2.45) is 0 Å². The smallest absolute Gasteiger partial charge is 0.511 e. The van der Waals surface area contributed by atoms with Crippen LogP contribution in [0.1, 0.15) is 26.7 Å². The third-order valence-electron chi connectivity index (χ3n) is 2.89. The molecule has 2 aromatic carbocycles. The van der Waals surface area contributed by atoms with Crippen molar-refractivity contribution in [1.29, 1.82) is 0 Å². The Bertz CT molecular complexity index is 517. The molecule has 3 nitrogen and oxygen atoms in total. The molecule has 0 fully saturated rings. The average molecular weight is 272 g/mol. The molecule has 0 unspecified atom stereocenters. The quantitative estimate of drug-likeness (QED) is 0.678. The molecule has 0 aliphatic heterocycles. The van der Waals surface area contributed by atoms with Gasteiger partial charge < -0.3 is 14.0 Å². The molecule has 0 saturated heterocycles. The first kappa shape index (κ1) is 14.9. The van der Waals surface area contributed by atoms with Crippen LogP contribution in [0.15, 0.2) is 42.5 Å². The molecule has 0 spiro atoms. The van der Waals surface area contributed by atoms with E-state index in [0.717, 1.165) is 29.4 Å². The summed E-state index contributed by atoms with van der Waals surface area (Å²) < 4.78 is 17.1. The van der Waals surface area contributed by atoms with E-state index >= 15 is 0 Å². The highest BCUT2D eigenvalue weighted by Crippen LogP contribution is 2.25. The van der Waals surface area contributed by atoms with Gasteiger partial charge in [0.1, 0.15) is 5.75 Å². The van der Waals surface area contributed by atoms with Crippen molar-refractivity contribution in [3.05, 3.63) is 42.5 Å². The van der Waals surface area contributed by atoms with Crippen LogP contribution in [-0.2, 0) is 9.31 Å². The van der Waals surface area contributed by atoms with Gasteiger partial charge in [0.25, 0.3) is 0 Å². The van der Waals surface area contributed by atoms with Gasteiger partial charge in [-0.3, -0.25) is 0 Å². The second-order valence-corrected chi connectivity index (χ2v) is 4.63. The van der Waals surface area contributed by atoms with Crippen LogP contribution in [-0.4, -0.2) is 20.5 Å². The van der Waals surface area contributed by atoms with E-state index in [1.807, 2.05) is 30.3 Å². The summed E-state index contributed by atoms with van der Waals surface area (Å²) in [6.45, 7) is 5.38. The van der Waals surface area contributed by atoms with Gasteiger partial charge in [0.2, 0.25) is 0 Å². The lowest BCUT2D eigenvalue weighted by Crippen LogP contribution is -2.31. The molecule has 0 radical (unpaired) electrons. The second kappa shape index (κ2) is 7.93. The molecule has 0 bridgehead atoms. The fourth-order valence-corrected chi connectivity index (χ4v) is 1.95. The summed E-state index contributed by atoms with van der Waals surface area (Å²) in [7, 11) is -0.638. The molecule has 0 amide bonds. The Hall–Kier alpha value is -1.52. The van der Waals surface area contributed by atoms with Crippen LogP contribution in [0.4, 0.5) is 0 Å². The normalized spacial score (nSPS) is 10.7. The van der Waals surface area contributed by atoms with Crippen molar-refractivity contribution in [2.45, 2.75) is 26.7 Å². The van der Waals surface area contributed by atoms with E-state index in [1.165, 1.54) is 0 Å². The molecular weight excluding hydrogens is 251 g/mol. The lowest BCUT2D eigenvalue weighted by atomic mass is 10.1. The third kappa shape index (κ3) is 3.99. The SMILES string of the molecule is CCCOB(OCCC)Oc1cccc2ccccc12. The monoisotopic (exact) mass is 272 g/mol. The fraction of sp³-hybridized carbons (Fsp3) is 0.375. The molecule has 0 aromatic heterocycles. The highest BCUT2D eigenvalue weighted by Gasteiger charge is 2.24. The first-order valence-electron chi connectivity index (χ1n) is 7.22. The molecule has 2 rings (SSSR count). The Morgan fingerprint density at radius 2 is 1.50 bits per heavy atom. The van der Waals surface area contributed by atoms with Crippen LogP contribution in [0.5, 0.6) is 5.75 Å². The van der Waals surface area contributed by atoms with E-state index < -0.39 is 7.32 Å². The molecular formula is C16H21BO3. The van der Waals surface area contributed by atoms with Gasteiger partial charge >= 0.3 is 7.32 Å². The van der Waals surface area contributed by atoms with E-state index in [1.54, 1.807) is 0 Å². The number of hydrogen-bond acceptors (Lipinski definition) is 3. The van der Waals surface area contributed by atoms with Crippen LogP contribution in [0, 0.1) is 0 Å². The van der Waals surface area contributed by atoms with Crippen LogP contribution < -0.4 is 4.65 Å². The Kier molecular flexibility index (Phi) is 5.90. The van der Waals surface area contributed by atoms with Gasteiger partial charge in [-0.15, -0.1) is 0 Å². The minimum Gasteiger partial charge on any atom is -0.511 e. The molecule has 0 heterocycles. The van der Waals surface area contributed by atoms with Crippen molar-refractivity contribution in [1.82, 2.24) is 0 Å². The van der Waals surface area contributed by atoms with E-state index in [0.29, 0.717) is 13.2 Å². The lowest BCUT2D eigenvalue weighted by molar-refractivity contribution is 0.141. The van der Waals surface area contributed by atoms with Crippen LogP contribution >= 0.6 is 0 Å². The molecule has 20 heavy (non-hydrogen) atoms. The number of fused-ring (bicyclic) bond motifs is 1. The van der Waals surface area contributed by atoms with Gasteiger partial charge in [-0.1, -0.05) is 50.2 Å². The maximum absolute atomic E-state index is 5.89. The Balaban J connectivity index is 2.14. The Labute approximate surface area is 121 Å². The van der Waals surface area contributed by atoms with Gasteiger partial charge in [-0.25, -0.2) is 0 Å². The minimum atomic E-state index is -0.638. The van der Waals surface area contributed by atoms with Crippen LogP contribution in [0.25, 0.3) is 10.8 Å². The van der Waals surface area contributed by atoms with Crippen molar-refractivity contribution >= 4 is 18.1 Å². The number of rotatable bonds is 8. The molecule has 0 aliphatic carbocycles. The van der Waals surface area contributed by atoms with E-state index in [2.05, 4.69) is 26.0 Å². The summed E-state index contributed by atoms with van der Waals surface area (Å²) in [5.74, 6) is 0.792. The number of benzene rings is 2. The zero-order valence-electron chi connectivity index (χ0n) is 12.2. The first-order chi connectivity index (χ1) is 9.85. The highest BCUT2D eigenvalue weighted by molar-refractivity contribution is 6.37. The lowest BCUT2D eigenvalue weighted by Gasteiger charge is -2.16. The van der Waals surface area contributed by atoms with E-state index in [-0.39, 0.29) is 0 Å². The predicted octanol–water partition coefficient (Wildman–Crippen LogP) is 4.06. The Morgan fingerprint density at radius 3 is 2.20 bits per heavy atom. The van der Waals surface area contributed by atoms with Gasteiger partial charge in [-0.05, 0) is 24.3 Å². The average Bonchev–Trinajstić information content (AvgIpc) is 2.50. The summed E-state index contributed by atoms with van der Waals surface area (Å²) in [5.41, 5.74) is 0.